The van der Waals surface area contributed by atoms with E-state index in [2.05, 4.69) is 11.5 Å². The molecule has 0 aromatic rings. The summed E-state index contributed by atoms with van der Waals surface area (Å²) in [5.41, 5.74) is 8.94. The van der Waals surface area contributed by atoms with Gasteiger partial charge in [0.25, 0.3) is 0 Å². The molecule has 0 bridgehead atoms. The van der Waals surface area contributed by atoms with Crippen LogP contribution in [0.2, 0.25) is 0 Å². The zero-order chi connectivity index (χ0) is 8.08. The highest BCUT2D eigenvalue weighted by Crippen LogP contribution is 1.59. The molecule has 0 aliphatic rings. The Morgan fingerprint density at radius 3 is 1.27 bits per heavy atom. The SMILES string of the molecule is N=C(N)N.O.O=S(=O)(O)O.[OH]. The number of guanidine groups is 1. The summed E-state index contributed by atoms with van der Waals surface area (Å²) in [5, 5.41) is 6.06. The van der Waals surface area contributed by atoms with Gasteiger partial charge in [0, 0.05) is 0 Å². The van der Waals surface area contributed by atoms with Gasteiger partial charge in [0.15, 0.2) is 5.96 Å². The standard InChI is InChI=1S/CH5N3.H2O4S.H2O.HO/c2-1(3)4;1-5(2,3)4;;/h(H5,2,3,4);(H2,1,2,3,4);1H2;1H. The molecule has 0 aromatic heterocycles. The Bertz CT molecular complexity index is 160. The molecule has 0 saturated carbocycles. The van der Waals surface area contributed by atoms with Gasteiger partial charge in [-0.1, -0.05) is 0 Å². The highest BCUT2D eigenvalue weighted by molar-refractivity contribution is 7.79. The lowest BCUT2D eigenvalue weighted by molar-refractivity contribution is 0.381. The minimum Gasteiger partial charge on any atom is -0.412 e. The number of nitrogens with two attached hydrogens (primary N) is 2. The van der Waals surface area contributed by atoms with E-state index in [1.165, 1.54) is 0 Å². The summed E-state index contributed by atoms with van der Waals surface area (Å²) in [5.74, 6) is -0.333. The van der Waals surface area contributed by atoms with Crippen molar-refractivity contribution in [3.8, 4) is 0 Å². The molecule has 0 aliphatic carbocycles. The fourth-order valence-electron chi connectivity index (χ4n) is 0. The molecular weight excluding hydrogens is 182 g/mol. The van der Waals surface area contributed by atoms with Crippen LogP contribution in [-0.4, -0.2) is 34.4 Å². The molecule has 0 rings (SSSR count). The molecule has 0 fully saturated rings. The van der Waals surface area contributed by atoms with Crippen LogP contribution in [0.4, 0.5) is 0 Å². The third-order valence-corrected chi connectivity index (χ3v) is 0. The van der Waals surface area contributed by atoms with Crippen molar-refractivity contribution in [1.82, 2.24) is 0 Å². The topological polar surface area (TPSA) is 212 Å². The van der Waals surface area contributed by atoms with E-state index in [-0.39, 0.29) is 16.9 Å². The van der Waals surface area contributed by atoms with Crippen molar-refractivity contribution in [1.29, 1.82) is 5.41 Å². The van der Waals surface area contributed by atoms with Gasteiger partial charge in [-0.25, -0.2) is 0 Å². The Labute approximate surface area is 62.7 Å². The van der Waals surface area contributed by atoms with Crippen LogP contribution in [0.5, 0.6) is 0 Å². The number of nitrogens with one attached hydrogen (secondary N) is 1. The zero-order valence-corrected chi connectivity index (χ0v) is 6.04. The monoisotopic (exact) mass is 192 g/mol. The maximum atomic E-state index is 8.74. The van der Waals surface area contributed by atoms with Crippen molar-refractivity contribution in [3.63, 3.8) is 0 Å². The van der Waals surface area contributed by atoms with Gasteiger partial charge < -0.3 is 16.9 Å². The van der Waals surface area contributed by atoms with Crippen LogP contribution in [0.15, 0.2) is 0 Å². The largest absolute Gasteiger partial charge is 0.412 e. The van der Waals surface area contributed by atoms with Crippen LogP contribution in [0.3, 0.4) is 0 Å². The highest BCUT2D eigenvalue weighted by Gasteiger charge is 1.84. The van der Waals surface area contributed by atoms with Gasteiger partial charge in [0.2, 0.25) is 0 Å². The molecule has 9 nitrogen and oxygen atoms in total. The summed E-state index contributed by atoms with van der Waals surface area (Å²) in [4.78, 5) is 0. The first kappa shape index (κ1) is 22.5. The van der Waals surface area contributed by atoms with Gasteiger partial charge in [-0.05, 0) is 0 Å². The third kappa shape index (κ3) is 511. The molecule has 0 amide bonds. The van der Waals surface area contributed by atoms with Crippen molar-refractivity contribution < 1.29 is 28.5 Å². The van der Waals surface area contributed by atoms with Crippen molar-refractivity contribution in [2.45, 2.75) is 0 Å². The van der Waals surface area contributed by atoms with Crippen LogP contribution in [0.1, 0.15) is 0 Å². The van der Waals surface area contributed by atoms with E-state index < -0.39 is 10.4 Å². The van der Waals surface area contributed by atoms with E-state index in [0.29, 0.717) is 0 Å². The molecule has 0 saturated heterocycles. The molecule has 71 valence electrons. The van der Waals surface area contributed by atoms with Gasteiger partial charge in [-0.3, -0.25) is 20.0 Å². The van der Waals surface area contributed by atoms with Crippen molar-refractivity contribution in [2.75, 3.05) is 0 Å². The van der Waals surface area contributed by atoms with Crippen LogP contribution in [0.25, 0.3) is 0 Å². The Kier molecular flexibility index (Phi) is 18.5. The predicted molar refractivity (Wildman–Crippen MR) is 35.8 cm³/mol. The van der Waals surface area contributed by atoms with E-state index in [1.54, 1.807) is 0 Å². The Morgan fingerprint density at radius 1 is 1.27 bits per heavy atom. The maximum Gasteiger partial charge on any atom is 0.394 e. The first-order valence-electron chi connectivity index (χ1n) is 1.53. The van der Waals surface area contributed by atoms with Gasteiger partial charge >= 0.3 is 10.4 Å². The highest BCUT2D eigenvalue weighted by atomic mass is 32.3. The summed E-state index contributed by atoms with van der Waals surface area (Å²) in [6, 6.07) is 0. The van der Waals surface area contributed by atoms with E-state index in [1.807, 2.05) is 0 Å². The lowest BCUT2D eigenvalue weighted by Crippen LogP contribution is -2.20. The summed E-state index contributed by atoms with van der Waals surface area (Å²) < 4.78 is 31.6. The van der Waals surface area contributed by atoms with Gasteiger partial charge in [-0.15, -0.1) is 0 Å². The minimum absolute atomic E-state index is 0. The lowest BCUT2D eigenvalue weighted by atomic mass is 11.1. The molecule has 0 aromatic carbocycles. The van der Waals surface area contributed by atoms with Crippen molar-refractivity contribution in [2.24, 2.45) is 11.5 Å². The molecule has 0 heterocycles. The predicted octanol–water partition coefficient (Wildman–Crippen LogP) is -2.82. The van der Waals surface area contributed by atoms with E-state index in [9.17, 15) is 0 Å². The zero-order valence-electron chi connectivity index (χ0n) is 5.22. The van der Waals surface area contributed by atoms with Crippen LogP contribution >= 0.6 is 0 Å². The van der Waals surface area contributed by atoms with Gasteiger partial charge in [-0.2, -0.15) is 8.42 Å². The molecule has 0 spiro atoms. The molecule has 0 unspecified atom stereocenters. The number of hydrogen-bond donors (Lipinski definition) is 6. The van der Waals surface area contributed by atoms with Gasteiger partial charge in [0.05, 0.1) is 0 Å². The van der Waals surface area contributed by atoms with Gasteiger partial charge in [0.1, 0.15) is 0 Å². The normalized spacial score (nSPS) is 7.45. The smallest absolute Gasteiger partial charge is 0.394 e. The minimum atomic E-state index is -4.67. The van der Waals surface area contributed by atoms with E-state index in [0.717, 1.165) is 0 Å². The molecule has 0 atom stereocenters. The van der Waals surface area contributed by atoms with E-state index in [4.69, 9.17) is 22.9 Å². The summed E-state index contributed by atoms with van der Waals surface area (Å²) in [6.07, 6.45) is 0. The van der Waals surface area contributed by atoms with Crippen molar-refractivity contribution in [3.05, 3.63) is 0 Å². The molecule has 1 radical (unpaired) electrons. The summed E-state index contributed by atoms with van der Waals surface area (Å²) in [7, 11) is -4.67. The lowest BCUT2D eigenvalue weighted by Gasteiger charge is -1.69. The summed E-state index contributed by atoms with van der Waals surface area (Å²) >= 11 is 0. The van der Waals surface area contributed by atoms with Crippen molar-refractivity contribution >= 4 is 16.4 Å². The average molecular weight is 192 g/mol. The first-order chi connectivity index (χ1) is 3.73. The second-order valence-corrected chi connectivity index (χ2v) is 1.80. The third-order valence-electron chi connectivity index (χ3n) is 0. The first-order valence-corrected chi connectivity index (χ1v) is 2.92. The van der Waals surface area contributed by atoms with Crippen LogP contribution < -0.4 is 11.5 Å². The molecule has 10 N–H and O–H groups in total. The average Bonchev–Trinajstić information content (AvgIpc) is 1.19. The number of hydrogen-bond acceptors (Lipinski definition) is 3. The second kappa shape index (κ2) is 9.06. The Morgan fingerprint density at radius 2 is 1.27 bits per heavy atom. The van der Waals surface area contributed by atoms with Crippen LogP contribution in [0, 0.1) is 5.41 Å². The fourth-order valence-corrected chi connectivity index (χ4v) is 0. The van der Waals surface area contributed by atoms with Crippen LogP contribution in [-0.2, 0) is 10.4 Å². The fraction of sp³-hybridized carbons (Fsp3) is 0. The maximum absolute atomic E-state index is 8.74. The summed E-state index contributed by atoms with van der Waals surface area (Å²) in [6.45, 7) is 0. The second-order valence-electron chi connectivity index (χ2n) is 0.903. The van der Waals surface area contributed by atoms with E-state index >= 15 is 0 Å². The molecular formula is CH10N3O6S. The Hall–Kier alpha value is -0.940. The molecule has 0 aliphatic heterocycles. The molecule has 10 heteroatoms. The Balaban J connectivity index is -0.0000000383. The quantitative estimate of drug-likeness (QED) is 0.135. The molecule has 11 heavy (non-hydrogen) atoms. The number of rotatable bonds is 0.